The zero-order valence-corrected chi connectivity index (χ0v) is 15.2. The average Bonchev–Trinajstić information content (AvgIpc) is 2.66. The fourth-order valence-electron chi connectivity index (χ4n) is 2.76. The molecule has 0 radical (unpaired) electrons. The van der Waals surface area contributed by atoms with Crippen molar-refractivity contribution in [3.63, 3.8) is 0 Å². The van der Waals surface area contributed by atoms with Crippen molar-refractivity contribution in [3.05, 3.63) is 59.7 Å². The van der Waals surface area contributed by atoms with Crippen LogP contribution < -0.4 is 14.8 Å². The number of benzene rings is 2. The van der Waals surface area contributed by atoms with Crippen molar-refractivity contribution < 1.29 is 14.3 Å². The molecule has 0 unspecified atom stereocenters. The highest BCUT2D eigenvalue weighted by Crippen LogP contribution is 2.30. The highest BCUT2D eigenvalue weighted by atomic mass is 16.5. The standard InChI is InChI=1S/C21H27NO3/c1-4-5-14-22-21(23)15-20(16-6-10-18(24-2)11-7-16)17-8-12-19(25-3)13-9-17/h6-13,20H,4-5,14-15H2,1-3H3,(H,22,23). The molecule has 0 saturated carbocycles. The first-order chi connectivity index (χ1) is 12.2. The minimum atomic E-state index is -0.00145. The molecule has 0 aromatic heterocycles. The van der Waals surface area contributed by atoms with Crippen molar-refractivity contribution in [2.45, 2.75) is 32.1 Å². The molecule has 0 bridgehead atoms. The Hall–Kier alpha value is -2.49. The Balaban J connectivity index is 2.21. The van der Waals surface area contributed by atoms with Gasteiger partial charge in [-0.3, -0.25) is 4.79 Å². The molecular formula is C21H27NO3. The van der Waals surface area contributed by atoms with Gasteiger partial charge >= 0.3 is 0 Å². The molecule has 0 atom stereocenters. The second-order valence-corrected chi connectivity index (χ2v) is 6.01. The normalized spacial score (nSPS) is 10.6. The summed E-state index contributed by atoms with van der Waals surface area (Å²) in [5.74, 6) is 1.69. The zero-order chi connectivity index (χ0) is 18.1. The summed E-state index contributed by atoms with van der Waals surface area (Å²) in [6.45, 7) is 2.84. The van der Waals surface area contributed by atoms with E-state index >= 15 is 0 Å². The van der Waals surface area contributed by atoms with Crippen LogP contribution in [0.4, 0.5) is 0 Å². The number of amides is 1. The van der Waals surface area contributed by atoms with Gasteiger partial charge in [0.2, 0.25) is 5.91 Å². The lowest BCUT2D eigenvalue weighted by Crippen LogP contribution is -2.26. The number of hydrogen-bond donors (Lipinski definition) is 1. The largest absolute Gasteiger partial charge is 0.497 e. The maximum absolute atomic E-state index is 12.4. The highest BCUT2D eigenvalue weighted by Gasteiger charge is 2.18. The smallest absolute Gasteiger partial charge is 0.220 e. The van der Waals surface area contributed by atoms with Crippen LogP contribution in [0, 0.1) is 0 Å². The van der Waals surface area contributed by atoms with Gasteiger partial charge in [0.25, 0.3) is 0 Å². The Bertz CT molecular complexity index is 602. The molecule has 25 heavy (non-hydrogen) atoms. The molecule has 0 heterocycles. The topological polar surface area (TPSA) is 47.6 Å². The Morgan fingerprint density at radius 3 is 1.80 bits per heavy atom. The quantitative estimate of drug-likeness (QED) is 0.697. The van der Waals surface area contributed by atoms with Gasteiger partial charge in [-0.2, -0.15) is 0 Å². The van der Waals surface area contributed by atoms with Gasteiger partial charge in [-0.1, -0.05) is 37.6 Å². The summed E-state index contributed by atoms with van der Waals surface area (Å²) in [4.78, 5) is 12.4. The third kappa shape index (κ3) is 5.52. The Morgan fingerprint density at radius 1 is 0.920 bits per heavy atom. The highest BCUT2D eigenvalue weighted by molar-refractivity contribution is 5.77. The SMILES string of the molecule is CCCCNC(=O)CC(c1ccc(OC)cc1)c1ccc(OC)cc1. The molecule has 0 aliphatic heterocycles. The lowest BCUT2D eigenvalue weighted by Gasteiger charge is -2.18. The third-order valence-electron chi connectivity index (χ3n) is 4.28. The molecule has 1 N–H and O–H groups in total. The lowest BCUT2D eigenvalue weighted by atomic mass is 9.88. The van der Waals surface area contributed by atoms with E-state index in [0.29, 0.717) is 6.42 Å². The van der Waals surface area contributed by atoms with Crippen molar-refractivity contribution in [2.24, 2.45) is 0 Å². The van der Waals surface area contributed by atoms with E-state index in [2.05, 4.69) is 12.2 Å². The van der Waals surface area contributed by atoms with E-state index in [1.165, 1.54) is 0 Å². The number of carbonyl (C=O) groups excluding carboxylic acids is 1. The maximum atomic E-state index is 12.4. The van der Waals surface area contributed by atoms with Crippen LogP contribution in [0.15, 0.2) is 48.5 Å². The van der Waals surface area contributed by atoms with E-state index in [-0.39, 0.29) is 11.8 Å². The molecule has 0 spiro atoms. The monoisotopic (exact) mass is 341 g/mol. The molecule has 4 heteroatoms. The second kappa shape index (κ2) is 9.72. The van der Waals surface area contributed by atoms with E-state index in [1.807, 2.05) is 48.5 Å². The van der Waals surface area contributed by atoms with E-state index in [4.69, 9.17) is 9.47 Å². The van der Waals surface area contributed by atoms with Gasteiger partial charge in [0, 0.05) is 18.9 Å². The number of methoxy groups -OCH3 is 2. The Morgan fingerprint density at radius 2 is 1.40 bits per heavy atom. The maximum Gasteiger partial charge on any atom is 0.220 e. The van der Waals surface area contributed by atoms with Gasteiger partial charge in [-0.15, -0.1) is 0 Å². The molecule has 4 nitrogen and oxygen atoms in total. The summed E-state index contributed by atoms with van der Waals surface area (Å²) in [6, 6.07) is 15.8. The fraction of sp³-hybridized carbons (Fsp3) is 0.381. The molecule has 2 rings (SSSR count). The predicted molar refractivity (Wildman–Crippen MR) is 100 cm³/mol. The summed E-state index contributed by atoms with van der Waals surface area (Å²) in [5, 5.41) is 3.01. The van der Waals surface area contributed by atoms with Crippen molar-refractivity contribution in [3.8, 4) is 11.5 Å². The first-order valence-electron chi connectivity index (χ1n) is 8.72. The van der Waals surface area contributed by atoms with Crippen LogP contribution in [-0.2, 0) is 4.79 Å². The van der Waals surface area contributed by atoms with Gasteiger partial charge in [-0.05, 0) is 41.8 Å². The van der Waals surface area contributed by atoms with E-state index in [1.54, 1.807) is 14.2 Å². The summed E-state index contributed by atoms with van der Waals surface area (Å²) >= 11 is 0. The summed E-state index contributed by atoms with van der Waals surface area (Å²) in [7, 11) is 3.30. The number of nitrogens with one attached hydrogen (secondary N) is 1. The van der Waals surface area contributed by atoms with Crippen LogP contribution in [-0.4, -0.2) is 26.7 Å². The predicted octanol–water partition coefficient (Wildman–Crippen LogP) is 4.14. The average molecular weight is 341 g/mol. The van der Waals surface area contributed by atoms with Gasteiger partial charge in [0.15, 0.2) is 0 Å². The molecule has 1 amide bonds. The molecular weight excluding hydrogens is 314 g/mol. The Labute approximate surface area is 150 Å². The zero-order valence-electron chi connectivity index (χ0n) is 15.2. The number of carbonyl (C=O) groups is 1. The minimum Gasteiger partial charge on any atom is -0.497 e. The Kier molecular flexibility index (Phi) is 7.33. The van der Waals surface area contributed by atoms with E-state index in [0.717, 1.165) is 42.0 Å². The summed E-state index contributed by atoms with van der Waals surface area (Å²) < 4.78 is 10.5. The molecule has 0 aliphatic rings. The van der Waals surface area contributed by atoms with Gasteiger partial charge in [0.1, 0.15) is 11.5 Å². The van der Waals surface area contributed by atoms with Crippen molar-refractivity contribution >= 4 is 5.91 Å². The van der Waals surface area contributed by atoms with Crippen molar-refractivity contribution in [1.82, 2.24) is 5.32 Å². The molecule has 2 aromatic carbocycles. The van der Waals surface area contributed by atoms with Crippen LogP contribution in [0.1, 0.15) is 43.2 Å². The van der Waals surface area contributed by atoms with E-state index in [9.17, 15) is 4.79 Å². The molecule has 0 aliphatic carbocycles. The van der Waals surface area contributed by atoms with Crippen LogP contribution in [0.5, 0.6) is 11.5 Å². The number of ether oxygens (including phenoxy) is 2. The molecule has 2 aromatic rings. The summed E-state index contributed by atoms with van der Waals surface area (Å²) in [6.07, 6.45) is 2.49. The summed E-state index contributed by atoms with van der Waals surface area (Å²) in [5.41, 5.74) is 2.19. The van der Waals surface area contributed by atoms with Gasteiger partial charge < -0.3 is 14.8 Å². The van der Waals surface area contributed by atoms with Crippen molar-refractivity contribution in [1.29, 1.82) is 0 Å². The minimum absolute atomic E-state index is 0.00145. The molecule has 0 fully saturated rings. The lowest BCUT2D eigenvalue weighted by molar-refractivity contribution is -0.121. The van der Waals surface area contributed by atoms with Crippen LogP contribution in [0.3, 0.4) is 0 Å². The van der Waals surface area contributed by atoms with Gasteiger partial charge in [-0.25, -0.2) is 0 Å². The number of rotatable bonds is 9. The fourth-order valence-corrected chi connectivity index (χ4v) is 2.76. The molecule has 0 saturated heterocycles. The third-order valence-corrected chi connectivity index (χ3v) is 4.28. The number of unbranched alkanes of at least 4 members (excludes halogenated alkanes) is 1. The van der Waals surface area contributed by atoms with Crippen LogP contribution in [0.25, 0.3) is 0 Å². The van der Waals surface area contributed by atoms with Crippen molar-refractivity contribution in [2.75, 3.05) is 20.8 Å². The number of hydrogen-bond acceptors (Lipinski definition) is 3. The first kappa shape index (κ1) is 18.8. The first-order valence-corrected chi connectivity index (χ1v) is 8.72. The van der Waals surface area contributed by atoms with Crippen LogP contribution >= 0.6 is 0 Å². The van der Waals surface area contributed by atoms with Crippen LogP contribution in [0.2, 0.25) is 0 Å². The van der Waals surface area contributed by atoms with E-state index < -0.39 is 0 Å². The van der Waals surface area contributed by atoms with Gasteiger partial charge in [0.05, 0.1) is 14.2 Å². The second-order valence-electron chi connectivity index (χ2n) is 6.01. The molecule has 134 valence electrons.